The number of para-hydroxylation sites is 1. The van der Waals surface area contributed by atoms with E-state index in [1.165, 1.54) is 5.56 Å². The summed E-state index contributed by atoms with van der Waals surface area (Å²) in [6.45, 7) is 9.00. The summed E-state index contributed by atoms with van der Waals surface area (Å²) < 4.78 is 11.6. The predicted molar refractivity (Wildman–Crippen MR) is 115 cm³/mol. The monoisotopic (exact) mass is 403 g/mol. The largest absolute Gasteiger partial charge is 0.493 e. The quantitative estimate of drug-likeness (QED) is 0.550. The van der Waals surface area contributed by atoms with Crippen molar-refractivity contribution in [1.82, 2.24) is 5.32 Å². The van der Waals surface area contributed by atoms with Gasteiger partial charge in [0.05, 0.1) is 6.61 Å². The van der Waals surface area contributed by atoms with Crippen molar-refractivity contribution in [3.63, 3.8) is 0 Å². The van der Waals surface area contributed by atoms with E-state index in [4.69, 9.17) is 21.1 Å². The minimum atomic E-state index is -0.569. The average molecular weight is 404 g/mol. The van der Waals surface area contributed by atoms with Gasteiger partial charge < -0.3 is 14.8 Å². The van der Waals surface area contributed by atoms with Crippen molar-refractivity contribution in [2.45, 2.75) is 53.1 Å². The SMILES string of the molecule is CCCOc1ccccc1CCCNC(=O)C(C)Oc1cc(C)c(Cl)c(C)c1. The predicted octanol–water partition coefficient (Wildman–Crippen LogP) is 5.26. The molecule has 0 radical (unpaired) electrons. The van der Waals surface area contributed by atoms with Gasteiger partial charge in [-0.1, -0.05) is 36.7 Å². The van der Waals surface area contributed by atoms with Gasteiger partial charge in [0, 0.05) is 11.6 Å². The number of nitrogens with one attached hydrogen (secondary N) is 1. The molecule has 5 heteroatoms. The van der Waals surface area contributed by atoms with Crippen LogP contribution in [0.1, 0.15) is 43.4 Å². The summed E-state index contributed by atoms with van der Waals surface area (Å²) in [7, 11) is 0. The number of halogens is 1. The molecule has 1 unspecified atom stereocenters. The van der Waals surface area contributed by atoms with Crippen molar-refractivity contribution in [2.24, 2.45) is 0 Å². The fraction of sp³-hybridized carbons (Fsp3) is 0.435. The van der Waals surface area contributed by atoms with Gasteiger partial charge in [-0.15, -0.1) is 0 Å². The normalized spacial score (nSPS) is 11.8. The van der Waals surface area contributed by atoms with E-state index in [2.05, 4.69) is 18.3 Å². The van der Waals surface area contributed by atoms with Crippen molar-refractivity contribution in [1.29, 1.82) is 0 Å². The summed E-state index contributed by atoms with van der Waals surface area (Å²) in [6, 6.07) is 11.8. The molecule has 0 aliphatic rings. The Balaban J connectivity index is 1.79. The Bertz CT molecular complexity index is 768. The van der Waals surface area contributed by atoms with Crippen LogP contribution in [0.15, 0.2) is 36.4 Å². The third-order valence-corrected chi connectivity index (χ3v) is 5.04. The molecular weight excluding hydrogens is 374 g/mol. The number of amides is 1. The molecule has 0 aromatic heterocycles. The van der Waals surface area contributed by atoms with Crippen LogP contribution in [0, 0.1) is 13.8 Å². The zero-order chi connectivity index (χ0) is 20.5. The smallest absolute Gasteiger partial charge is 0.260 e. The molecular formula is C23H30ClNO3. The van der Waals surface area contributed by atoms with Crippen LogP contribution in [0.2, 0.25) is 5.02 Å². The summed E-state index contributed by atoms with van der Waals surface area (Å²) in [5.41, 5.74) is 3.04. The lowest BCUT2D eigenvalue weighted by molar-refractivity contribution is -0.127. The molecule has 28 heavy (non-hydrogen) atoms. The van der Waals surface area contributed by atoms with Gasteiger partial charge in [-0.2, -0.15) is 0 Å². The highest BCUT2D eigenvalue weighted by Gasteiger charge is 2.15. The highest BCUT2D eigenvalue weighted by molar-refractivity contribution is 6.32. The number of carbonyl (C=O) groups excluding carboxylic acids is 1. The highest BCUT2D eigenvalue weighted by Crippen LogP contribution is 2.26. The van der Waals surface area contributed by atoms with Crippen LogP contribution < -0.4 is 14.8 Å². The first-order valence-corrected chi connectivity index (χ1v) is 10.2. The number of rotatable bonds is 10. The fourth-order valence-corrected chi connectivity index (χ4v) is 3.04. The third-order valence-electron chi connectivity index (χ3n) is 4.45. The van der Waals surface area contributed by atoms with E-state index in [1.54, 1.807) is 6.92 Å². The van der Waals surface area contributed by atoms with Gasteiger partial charge in [0.2, 0.25) is 0 Å². The van der Waals surface area contributed by atoms with Crippen molar-refractivity contribution in [3.05, 3.63) is 58.1 Å². The summed E-state index contributed by atoms with van der Waals surface area (Å²) >= 11 is 6.18. The Labute approximate surface area is 173 Å². The molecule has 0 bridgehead atoms. The zero-order valence-corrected chi connectivity index (χ0v) is 17.9. The third kappa shape index (κ3) is 6.45. The number of aryl methyl sites for hydroxylation is 3. The first-order valence-electron chi connectivity index (χ1n) is 9.84. The topological polar surface area (TPSA) is 47.6 Å². The van der Waals surface area contributed by atoms with Crippen molar-refractivity contribution < 1.29 is 14.3 Å². The lowest BCUT2D eigenvalue weighted by Gasteiger charge is -2.16. The molecule has 2 aromatic rings. The molecule has 0 aliphatic heterocycles. The minimum absolute atomic E-state index is 0.124. The van der Waals surface area contributed by atoms with E-state index in [0.717, 1.165) is 41.2 Å². The van der Waals surface area contributed by atoms with E-state index in [1.807, 2.05) is 44.2 Å². The lowest BCUT2D eigenvalue weighted by Crippen LogP contribution is -2.37. The van der Waals surface area contributed by atoms with Gasteiger partial charge in [-0.05, 0) is 74.9 Å². The second-order valence-electron chi connectivity index (χ2n) is 6.98. The van der Waals surface area contributed by atoms with E-state index in [-0.39, 0.29) is 5.91 Å². The summed E-state index contributed by atoms with van der Waals surface area (Å²) in [6.07, 6.45) is 2.10. The standard InChI is InChI=1S/C23H30ClNO3/c1-5-13-27-21-11-7-6-9-19(21)10-8-12-25-23(26)18(4)28-20-14-16(2)22(24)17(3)15-20/h6-7,9,11,14-15,18H,5,8,10,12-13H2,1-4H3,(H,25,26). The van der Waals surface area contributed by atoms with Gasteiger partial charge in [0.1, 0.15) is 11.5 Å². The fourth-order valence-electron chi connectivity index (χ4n) is 2.93. The molecule has 152 valence electrons. The maximum Gasteiger partial charge on any atom is 0.260 e. The lowest BCUT2D eigenvalue weighted by atomic mass is 10.1. The van der Waals surface area contributed by atoms with Crippen LogP contribution in [-0.4, -0.2) is 25.2 Å². The van der Waals surface area contributed by atoms with Gasteiger partial charge in [0.25, 0.3) is 5.91 Å². The van der Waals surface area contributed by atoms with Crippen LogP contribution >= 0.6 is 11.6 Å². The molecule has 0 spiro atoms. The highest BCUT2D eigenvalue weighted by atomic mass is 35.5. The van der Waals surface area contributed by atoms with Crippen molar-refractivity contribution >= 4 is 17.5 Å². The number of benzene rings is 2. The van der Waals surface area contributed by atoms with Crippen molar-refractivity contribution in [3.8, 4) is 11.5 Å². The van der Waals surface area contributed by atoms with Crippen molar-refractivity contribution in [2.75, 3.05) is 13.2 Å². The Morgan fingerprint density at radius 3 is 2.54 bits per heavy atom. The number of hydrogen-bond acceptors (Lipinski definition) is 3. The molecule has 2 aromatic carbocycles. The Kier molecular flexibility index (Phi) is 8.65. The van der Waals surface area contributed by atoms with E-state index < -0.39 is 6.10 Å². The van der Waals surface area contributed by atoms with Crippen LogP contribution in [0.5, 0.6) is 11.5 Å². The Hall–Kier alpha value is -2.20. The molecule has 0 saturated heterocycles. The van der Waals surface area contributed by atoms with E-state index in [0.29, 0.717) is 18.9 Å². The molecule has 0 saturated carbocycles. The molecule has 0 heterocycles. The van der Waals surface area contributed by atoms with Crippen LogP contribution in [0.25, 0.3) is 0 Å². The zero-order valence-electron chi connectivity index (χ0n) is 17.2. The molecule has 4 nitrogen and oxygen atoms in total. The number of carbonyl (C=O) groups is 1. The van der Waals surface area contributed by atoms with E-state index >= 15 is 0 Å². The molecule has 0 fully saturated rings. The minimum Gasteiger partial charge on any atom is -0.493 e. The Morgan fingerprint density at radius 1 is 1.18 bits per heavy atom. The first kappa shape index (κ1) is 22.1. The molecule has 1 N–H and O–H groups in total. The maximum absolute atomic E-state index is 12.3. The van der Waals surface area contributed by atoms with Gasteiger partial charge >= 0.3 is 0 Å². The maximum atomic E-state index is 12.3. The summed E-state index contributed by atoms with van der Waals surface area (Å²) in [4.78, 5) is 12.3. The van der Waals surface area contributed by atoms with Crippen LogP contribution in [0.3, 0.4) is 0 Å². The average Bonchev–Trinajstić information content (AvgIpc) is 2.68. The van der Waals surface area contributed by atoms with Gasteiger partial charge in [-0.3, -0.25) is 4.79 Å². The second-order valence-corrected chi connectivity index (χ2v) is 7.36. The number of ether oxygens (including phenoxy) is 2. The van der Waals surface area contributed by atoms with Crippen LogP contribution in [0.4, 0.5) is 0 Å². The molecule has 2 rings (SSSR count). The van der Waals surface area contributed by atoms with Gasteiger partial charge in [-0.25, -0.2) is 0 Å². The molecule has 0 aliphatic carbocycles. The first-order chi connectivity index (χ1) is 13.4. The number of hydrogen-bond donors (Lipinski definition) is 1. The van der Waals surface area contributed by atoms with E-state index in [9.17, 15) is 4.79 Å². The van der Waals surface area contributed by atoms with Crippen LogP contribution in [-0.2, 0) is 11.2 Å². The Morgan fingerprint density at radius 2 is 1.86 bits per heavy atom. The molecule has 1 amide bonds. The second kappa shape index (κ2) is 11.0. The summed E-state index contributed by atoms with van der Waals surface area (Å²) in [5, 5.41) is 3.67. The molecule has 1 atom stereocenters. The summed E-state index contributed by atoms with van der Waals surface area (Å²) in [5.74, 6) is 1.46. The van der Waals surface area contributed by atoms with Gasteiger partial charge in [0.15, 0.2) is 6.10 Å².